The molecule has 0 fully saturated rings. The van der Waals surface area contributed by atoms with E-state index in [9.17, 15) is 4.79 Å². The molecule has 18 heavy (non-hydrogen) atoms. The summed E-state index contributed by atoms with van der Waals surface area (Å²) in [5.41, 5.74) is 7.48. The van der Waals surface area contributed by atoms with Crippen LogP contribution < -0.4 is 16.2 Å². The van der Waals surface area contributed by atoms with E-state index in [0.717, 1.165) is 29.6 Å². The smallest absolute Gasteiger partial charge is 0.252 e. The van der Waals surface area contributed by atoms with Crippen molar-refractivity contribution in [1.82, 2.24) is 4.57 Å². The Morgan fingerprint density at radius 2 is 2.06 bits per heavy atom. The molecule has 4 heteroatoms. The Bertz CT molecular complexity index is 604. The maximum Gasteiger partial charge on any atom is 0.252 e. The summed E-state index contributed by atoms with van der Waals surface area (Å²) in [7, 11) is 3.80. The van der Waals surface area contributed by atoms with Gasteiger partial charge in [0, 0.05) is 32.1 Å². The fourth-order valence-electron chi connectivity index (χ4n) is 2.16. The molecule has 1 heterocycles. The molecule has 0 amide bonds. The molecular weight excluding hydrogens is 226 g/mol. The average Bonchev–Trinajstić information content (AvgIpc) is 2.40. The van der Waals surface area contributed by atoms with Gasteiger partial charge < -0.3 is 15.2 Å². The number of fused-ring (bicyclic) bond motifs is 1. The number of nitrogens with two attached hydrogens (primary N) is 1. The number of anilines is 1. The molecular formula is C14H19N3O. The highest BCUT2D eigenvalue weighted by molar-refractivity contribution is 5.91. The highest BCUT2D eigenvalue weighted by atomic mass is 16.1. The van der Waals surface area contributed by atoms with Gasteiger partial charge >= 0.3 is 0 Å². The summed E-state index contributed by atoms with van der Waals surface area (Å²) >= 11 is 0. The zero-order chi connectivity index (χ0) is 13.1. The van der Waals surface area contributed by atoms with Crippen LogP contribution in [-0.2, 0) is 7.05 Å². The first kappa shape index (κ1) is 12.6. The van der Waals surface area contributed by atoms with Crippen molar-refractivity contribution in [2.24, 2.45) is 12.8 Å². The summed E-state index contributed by atoms with van der Waals surface area (Å²) in [6.45, 7) is 1.51. The quantitative estimate of drug-likeness (QED) is 0.884. The van der Waals surface area contributed by atoms with Gasteiger partial charge in [-0.1, -0.05) is 18.2 Å². The topological polar surface area (TPSA) is 51.3 Å². The van der Waals surface area contributed by atoms with Crippen molar-refractivity contribution < 1.29 is 0 Å². The van der Waals surface area contributed by atoms with Crippen LogP contribution in [0.25, 0.3) is 10.9 Å². The second kappa shape index (κ2) is 5.23. The van der Waals surface area contributed by atoms with Crippen LogP contribution in [0.2, 0.25) is 0 Å². The van der Waals surface area contributed by atoms with E-state index >= 15 is 0 Å². The van der Waals surface area contributed by atoms with Crippen LogP contribution in [0.1, 0.15) is 6.42 Å². The molecule has 0 radical (unpaired) electrons. The Labute approximate surface area is 107 Å². The van der Waals surface area contributed by atoms with E-state index in [0.29, 0.717) is 6.54 Å². The lowest BCUT2D eigenvalue weighted by Crippen LogP contribution is -2.25. The SMILES string of the molecule is CN(CCCN)c1cc(=O)n(C)c2ccccc12. The van der Waals surface area contributed by atoms with Gasteiger partial charge in [-0.25, -0.2) is 0 Å². The Morgan fingerprint density at radius 3 is 2.78 bits per heavy atom. The molecule has 0 saturated heterocycles. The van der Waals surface area contributed by atoms with E-state index in [-0.39, 0.29) is 5.56 Å². The van der Waals surface area contributed by atoms with E-state index in [1.165, 1.54) is 0 Å². The van der Waals surface area contributed by atoms with E-state index < -0.39 is 0 Å². The molecule has 2 rings (SSSR count). The minimum absolute atomic E-state index is 0.0169. The maximum absolute atomic E-state index is 11.9. The first-order valence-electron chi connectivity index (χ1n) is 6.15. The van der Waals surface area contributed by atoms with Gasteiger partial charge in [0.1, 0.15) is 0 Å². The number of hydrogen-bond donors (Lipinski definition) is 1. The van der Waals surface area contributed by atoms with Crippen LogP contribution >= 0.6 is 0 Å². The van der Waals surface area contributed by atoms with Gasteiger partial charge in [-0.2, -0.15) is 0 Å². The lowest BCUT2D eigenvalue weighted by molar-refractivity contribution is 0.794. The number of benzene rings is 1. The molecule has 4 nitrogen and oxygen atoms in total. The first-order valence-corrected chi connectivity index (χ1v) is 6.15. The van der Waals surface area contributed by atoms with Gasteiger partial charge in [0.15, 0.2) is 0 Å². The summed E-state index contributed by atoms with van der Waals surface area (Å²) < 4.78 is 1.68. The Kier molecular flexibility index (Phi) is 3.67. The molecule has 2 aromatic rings. The van der Waals surface area contributed by atoms with Gasteiger partial charge in [0.05, 0.1) is 11.2 Å². The fourth-order valence-corrected chi connectivity index (χ4v) is 2.16. The highest BCUT2D eigenvalue weighted by Crippen LogP contribution is 2.23. The minimum atomic E-state index is 0.0169. The lowest BCUT2D eigenvalue weighted by atomic mass is 10.1. The van der Waals surface area contributed by atoms with Crippen LogP contribution in [0.4, 0.5) is 5.69 Å². The Balaban J connectivity index is 2.57. The molecule has 0 aliphatic heterocycles. The van der Waals surface area contributed by atoms with Crippen LogP contribution in [0.3, 0.4) is 0 Å². The van der Waals surface area contributed by atoms with Gasteiger partial charge in [-0.15, -0.1) is 0 Å². The molecule has 0 atom stereocenters. The zero-order valence-electron chi connectivity index (χ0n) is 10.9. The summed E-state index contributed by atoms with van der Waals surface area (Å²) in [6, 6.07) is 9.65. The first-order chi connectivity index (χ1) is 8.65. The number of para-hydroxylation sites is 1. The van der Waals surface area contributed by atoms with Gasteiger partial charge in [-0.05, 0) is 19.0 Å². The van der Waals surface area contributed by atoms with Crippen molar-refractivity contribution >= 4 is 16.6 Å². The van der Waals surface area contributed by atoms with E-state index in [1.807, 2.05) is 31.3 Å². The van der Waals surface area contributed by atoms with Crippen molar-refractivity contribution in [3.05, 3.63) is 40.7 Å². The van der Waals surface area contributed by atoms with Crippen molar-refractivity contribution in [2.45, 2.75) is 6.42 Å². The minimum Gasteiger partial charge on any atom is -0.374 e. The summed E-state index contributed by atoms with van der Waals surface area (Å²) in [6.07, 6.45) is 0.917. The molecule has 0 unspecified atom stereocenters. The summed E-state index contributed by atoms with van der Waals surface area (Å²) in [4.78, 5) is 14.0. The number of nitrogens with zero attached hydrogens (tertiary/aromatic N) is 2. The number of pyridine rings is 1. The summed E-state index contributed by atoms with van der Waals surface area (Å²) in [5.74, 6) is 0. The van der Waals surface area contributed by atoms with Crippen molar-refractivity contribution in [2.75, 3.05) is 25.0 Å². The van der Waals surface area contributed by atoms with Crippen molar-refractivity contribution in [3.8, 4) is 0 Å². The van der Waals surface area contributed by atoms with Crippen LogP contribution in [0.5, 0.6) is 0 Å². The Hall–Kier alpha value is -1.81. The maximum atomic E-state index is 11.9. The second-order valence-electron chi connectivity index (χ2n) is 4.51. The molecule has 2 N–H and O–H groups in total. The van der Waals surface area contributed by atoms with Crippen LogP contribution in [0, 0.1) is 0 Å². The second-order valence-corrected chi connectivity index (χ2v) is 4.51. The molecule has 0 bridgehead atoms. The largest absolute Gasteiger partial charge is 0.374 e. The van der Waals surface area contributed by atoms with Crippen LogP contribution in [-0.4, -0.2) is 24.7 Å². The monoisotopic (exact) mass is 245 g/mol. The normalized spacial score (nSPS) is 10.8. The Morgan fingerprint density at radius 1 is 1.33 bits per heavy atom. The number of aryl methyl sites for hydroxylation is 1. The number of hydrogen-bond acceptors (Lipinski definition) is 3. The predicted octanol–water partition coefficient (Wildman–Crippen LogP) is 1.32. The molecule has 0 aliphatic rings. The molecule has 0 spiro atoms. The number of aromatic nitrogens is 1. The molecule has 1 aromatic heterocycles. The third kappa shape index (κ3) is 2.24. The van der Waals surface area contributed by atoms with E-state index in [1.54, 1.807) is 17.7 Å². The van der Waals surface area contributed by atoms with Crippen LogP contribution in [0.15, 0.2) is 35.1 Å². The lowest BCUT2D eigenvalue weighted by Gasteiger charge is -2.21. The van der Waals surface area contributed by atoms with Gasteiger partial charge in [-0.3, -0.25) is 4.79 Å². The molecule has 1 aromatic carbocycles. The summed E-state index contributed by atoms with van der Waals surface area (Å²) in [5, 5.41) is 1.10. The molecule has 0 saturated carbocycles. The molecule has 0 aliphatic carbocycles. The highest BCUT2D eigenvalue weighted by Gasteiger charge is 2.09. The molecule has 96 valence electrons. The zero-order valence-corrected chi connectivity index (χ0v) is 10.9. The van der Waals surface area contributed by atoms with Crippen molar-refractivity contribution in [1.29, 1.82) is 0 Å². The fraction of sp³-hybridized carbons (Fsp3) is 0.357. The standard InChI is InChI=1S/C14H19N3O/c1-16(9-5-8-15)13-10-14(18)17(2)12-7-4-3-6-11(12)13/h3-4,6-7,10H,5,8-9,15H2,1-2H3. The van der Waals surface area contributed by atoms with E-state index in [4.69, 9.17) is 5.73 Å². The third-order valence-corrected chi connectivity index (χ3v) is 3.24. The predicted molar refractivity (Wildman–Crippen MR) is 76.1 cm³/mol. The van der Waals surface area contributed by atoms with Gasteiger partial charge in [0.2, 0.25) is 0 Å². The van der Waals surface area contributed by atoms with E-state index in [2.05, 4.69) is 4.90 Å². The third-order valence-electron chi connectivity index (χ3n) is 3.24. The average molecular weight is 245 g/mol. The van der Waals surface area contributed by atoms with Crippen molar-refractivity contribution in [3.63, 3.8) is 0 Å². The number of rotatable bonds is 4. The van der Waals surface area contributed by atoms with Gasteiger partial charge in [0.25, 0.3) is 5.56 Å².